The third kappa shape index (κ3) is 3.00. The van der Waals surface area contributed by atoms with Gasteiger partial charge in [-0.05, 0) is 38.2 Å². The molecule has 1 N–H and O–H groups in total. The Balaban J connectivity index is 2.29. The summed E-state index contributed by atoms with van der Waals surface area (Å²) in [7, 11) is -3.39. The molecule has 6 nitrogen and oxygen atoms in total. The van der Waals surface area contributed by atoms with Crippen molar-refractivity contribution in [1.82, 2.24) is 5.32 Å². The molecule has 2 atom stereocenters. The number of thiocarbonyl (C=S) groups is 1. The summed E-state index contributed by atoms with van der Waals surface area (Å²) in [5.74, 6) is -0.178. The zero-order chi connectivity index (χ0) is 13.9. The number of hydrogen-bond donors (Lipinski definition) is 1. The molecule has 1 aliphatic heterocycles. The molecular formula is C11H16NO5PS. The largest absolute Gasteiger partial charge is 0.465 e. The lowest BCUT2D eigenvalue weighted by Gasteiger charge is -2.24. The molecule has 2 rings (SSSR count). The highest BCUT2D eigenvalue weighted by atomic mass is 32.1. The Bertz CT molecular complexity index is 467. The summed E-state index contributed by atoms with van der Waals surface area (Å²) in [4.78, 5) is 0. The van der Waals surface area contributed by atoms with Crippen molar-refractivity contribution >= 4 is 25.0 Å². The van der Waals surface area contributed by atoms with E-state index in [9.17, 15) is 4.57 Å². The van der Waals surface area contributed by atoms with Gasteiger partial charge in [0.2, 0.25) is 0 Å². The highest BCUT2D eigenvalue weighted by molar-refractivity contribution is 7.80. The fourth-order valence-corrected chi connectivity index (χ4v) is 4.13. The smallest absolute Gasteiger partial charge is 0.357 e. The van der Waals surface area contributed by atoms with Crippen molar-refractivity contribution in [2.75, 3.05) is 13.2 Å². The van der Waals surface area contributed by atoms with Crippen LogP contribution in [0.1, 0.15) is 25.7 Å². The molecule has 0 unspecified atom stereocenters. The average Bonchev–Trinajstić information content (AvgIpc) is 2.98. The van der Waals surface area contributed by atoms with Crippen LogP contribution in [0.4, 0.5) is 0 Å². The topological polar surface area (TPSA) is 69.9 Å². The number of hydrogen-bond acceptors (Lipinski definition) is 6. The first kappa shape index (κ1) is 14.5. The minimum Gasteiger partial charge on any atom is -0.465 e. The third-order valence-corrected chi connectivity index (χ3v) is 5.10. The Hall–Kier alpha value is -0.880. The number of furan rings is 1. The van der Waals surface area contributed by atoms with Crippen molar-refractivity contribution in [1.29, 1.82) is 0 Å². The predicted octanol–water partition coefficient (Wildman–Crippen LogP) is 2.82. The molecular weight excluding hydrogens is 289 g/mol. The van der Waals surface area contributed by atoms with Crippen LogP contribution in [-0.2, 0) is 18.3 Å². The number of ether oxygens (including phenoxy) is 1. The van der Waals surface area contributed by atoms with E-state index in [2.05, 4.69) is 5.32 Å². The molecule has 8 heteroatoms. The highest BCUT2D eigenvalue weighted by Crippen LogP contribution is 2.57. The van der Waals surface area contributed by atoms with E-state index in [1.54, 1.807) is 26.0 Å². The van der Waals surface area contributed by atoms with Gasteiger partial charge < -0.3 is 23.5 Å². The van der Waals surface area contributed by atoms with Crippen molar-refractivity contribution < 1.29 is 22.8 Å². The third-order valence-electron chi connectivity index (χ3n) is 2.57. The van der Waals surface area contributed by atoms with Crippen LogP contribution in [0.2, 0.25) is 0 Å². The minimum absolute atomic E-state index is 0.158. The molecule has 0 spiro atoms. The van der Waals surface area contributed by atoms with Crippen LogP contribution < -0.4 is 5.32 Å². The quantitative estimate of drug-likeness (QED) is 0.640. The molecule has 1 fully saturated rings. The normalized spacial score (nSPS) is 23.2. The van der Waals surface area contributed by atoms with Crippen molar-refractivity contribution in [3.05, 3.63) is 24.2 Å². The number of rotatable bonds is 6. The van der Waals surface area contributed by atoms with E-state index in [0.29, 0.717) is 5.76 Å². The second-order valence-electron chi connectivity index (χ2n) is 3.81. The molecule has 0 aromatic carbocycles. The van der Waals surface area contributed by atoms with Gasteiger partial charge >= 0.3 is 7.60 Å². The summed E-state index contributed by atoms with van der Waals surface area (Å²) < 4.78 is 34.2. The Kier molecular flexibility index (Phi) is 4.62. The molecule has 1 aromatic heterocycles. The fourth-order valence-electron chi connectivity index (χ4n) is 1.88. The molecule has 19 heavy (non-hydrogen) atoms. The van der Waals surface area contributed by atoms with E-state index in [1.165, 1.54) is 6.26 Å². The second kappa shape index (κ2) is 6.05. The molecule has 0 radical (unpaired) electrons. The maximum absolute atomic E-state index is 12.8. The Morgan fingerprint density at radius 3 is 2.63 bits per heavy atom. The summed E-state index contributed by atoms with van der Waals surface area (Å²) in [5, 5.41) is 3.00. The van der Waals surface area contributed by atoms with E-state index >= 15 is 0 Å². The fraction of sp³-hybridized carbons (Fsp3) is 0.545. The molecule has 0 aliphatic carbocycles. The lowest BCUT2D eigenvalue weighted by atomic mass is 10.3. The van der Waals surface area contributed by atoms with Gasteiger partial charge in [0.25, 0.3) is 5.17 Å². The van der Waals surface area contributed by atoms with Crippen LogP contribution in [0.25, 0.3) is 0 Å². The zero-order valence-electron chi connectivity index (χ0n) is 10.7. The van der Waals surface area contributed by atoms with Crippen LogP contribution >= 0.6 is 19.8 Å². The van der Waals surface area contributed by atoms with Crippen LogP contribution in [-0.4, -0.2) is 24.2 Å². The maximum atomic E-state index is 12.8. The van der Waals surface area contributed by atoms with Crippen LogP contribution in [0.3, 0.4) is 0 Å². The van der Waals surface area contributed by atoms with Crippen molar-refractivity contribution in [2.45, 2.75) is 25.7 Å². The molecule has 0 amide bonds. The zero-order valence-corrected chi connectivity index (χ0v) is 12.4. The first-order valence-electron chi connectivity index (χ1n) is 6.00. The molecule has 0 saturated carbocycles. The standard InChI is InChI=1S/C11H16NO5PS/c1-3-15-18(13,16-4-2)10-9(17-11(19)12-10)8-6-5-7-14-8/h5-7,9-10H,3-4H2,1-2H3,(H,12,19)/t9-,10-/m1/s1. The Labute approximate surface area is 116 Å². The van der Waals surface area contributed by atoms with Gasteiger partial charge in [-0.25, -0.2) is 0 Å². The summed E-state index contributed by atoms with van der Waals surface area (Å²) in [5.41, 5.74) is 0. The van der Waals surface area contributed by atoms with Gasteiger partial charge in [-0.3, -0.25) is 4.57 Å². The van der Waals surface area contributed by atoms with Crippen molar-refractivity contribution in [2.24, 2.45) is 0 Å². The second-order valence-corrected chi connectivity index (χ2v) is 6.33. The van der Waals surface area contributed by atoms with Crippen molar-refractivity contribution in [3.63, 3.8) is 0 Å². The average molecular weight is 305 g/mol. The SMILES string of the molecule is CCOP(=O)(OCC)[C@H]1NC(=S)O[C@@H]1c1ccco1. The van der Waals surface area contributed by atoms with E-state index in [-0.39, 0.29) is 18.4 Å². The summed E-state index contributed by atoms with van der Waals surface area (Å²) in [6.45, 7) is 4.05. The predicted molar refractivity (Wildman–Crippen MR) is 72.9 cm³/mol. The van der Waals surface area contributed by atoms with E-state index in [0.717, 1.165) is 0 Å². The van der Waals surface area contributed by atoms with Crippen LogP contribution in [0, 0.1) is 0 Å². The monoisotopic (exact) mass is 305 g/mol. The van der Waals surface area contributed by atoms with Gasteiger partial charge in [-0.1, -0.05) is 0 Å². The van der Waals surface area contributed by atoms with E-state index < -0.39 is 19.5 Å². The van der Waals surface area contributed by atoms with Gasteiger partial charge in [0.05, 0.1) is 19.5 Å². The van der Waals surface area contributed by atoms with Gasteiger partial charge in [0.1, 0.15) is 5.76 Å². The van der Waals surface area contributed by atoms with Gasteiger partial charge in [-0.15, -0.1) is 0 Å². The summed E-state index contributed by atoms with van der Waals surface area (Å²) in [6, 6.07) is 3.46. The maximum Gasteiger partial charge on any atom is 0.357 e. The summed E-state index contributed by atoms with van der Waals surface area (Å²) >= 11 is 4.98. The Morgan fingerprint density at radius 1 is 1.42 bits per heavy atom. The molecule has 1 aliphatic rings. The Morgan fingerprint density at radius 2 is 2.11 bits per heavy atom. The van der Waals surface area contributed by atoms with E-state index in [1.807, 2.05) is 0 Å². The van der Waals surface area contributed by atoms with Gasteiger partial charge in [-0.2, -0.15) is 0 Å². The summed E-state index contributed by atoms with van der Waals surface area (Å²) in [6.07, 6.45) is 0.898. The molecule has 106 valence electrons. The first-order chi connectivity index (χ1) is 9.10. The molecule has 1 saturated heterocycles. The van der Waals surface area contributed by atoms with E-state index in [4.69, 9.17) is 30.4 Å². The van der Waals surface area contributed by atoms with Gasteiger partial charge in [0.15, 0.2) is 11.9 Å². The van der Waals surface area contributed by atoms with Crippen LogP contribution in [0.15, 0.2) is 22.8 Å². The molecule has 0 bridgehead atoms. The lowest BCUT2D eigenvalue weighted by molar-refractivity contribution is 0.161. The van der Waals surface area contributed by atoms with Crippen molar-refractivity contribution in [3.8, 4) is 0 Å². The molecule has 1 aromatic rings. The first-order valence-corrected chi connectivity index (χ1v) is 8.02. The highest BCUT2D eigenvalue weighted by Gasteiger charge is 2.49. The van der Waals surface area contributed by atoms with Crippen LogP contribution in [0.5, 0.6) is 0 Å². The molecule has 2 heterocycles. The number of nitrogens with one attached hydrogen (secondary N) is 1. The van der Waals surface area contributed by atoms with Gasteiger partial charge in [0, 0.05) is 0 Å². The lowest BCUT2D eigenvalue weighted by Crippen LogP contribution is -2.29. The minimum atomic E-state index is -3.39.